The third-order valence-corrected chi connectivity index (χ3v) is 3.75. The minimum atomic E-state index is -0.130. The van der Waals surface area contributed by atoms with Crippen molar-refractivity contribution in [2.45, 2.75) is 6.42 Å². The summed E-state index contributed by atoms with van der Waals surface area (Å²) in [4.78, 5) is 4.97. The molecule has 106 valence electrons. The highest BCUT2D eigenvalue weighted by Crippen LogP contribution is 2.07. The van der Waals surface area contributed by atoms with Crippen molar-refractivity contribution < 1.29 is 4.39 Å². The van der Waals surface area contributed by atoms with Gasteiger partial charge in [-0.15, -0.1) is 0 Å². The fourth-order valence-electron chi connectivity index (χ4n) is 2.49. The molecule has 1 heterocycles. The lowest BCUT2D eigenvalue weighted by molar-refractivity contribution is 0.134. The molecule has 2 rings (SSSR count). The summed E-state index contributed by atoms with van der Waals surface area (Å²) < 4.78 is 13.1. The molecule has 1 fully saturated rings. The van der Waals surface area contributed by atoms with Crippen molar-refractivity contribution in [3.05, 3.63) is 35.6 Å². The van der Waals surface area contributed by atoms with Gasteiger partial charge in [-0.3, -0.25) is 4.90 Å². The molecule has 1 saturated heterocycles. The van der Waals surface area contributed by atoms with Crippen molar-refractivity contribution in [1.82, 2.24) is 15.1 Å². The lowest BCUT2D eigenvalue weighted by Gasteiger charge is -2.34. The van der Waals surface area contributed by atoms with E-state index in [0.29, 0.717) is 0 Å². The van der Waals surface area contributed by atoms with Crippen LogP contribution in [0, 0.1) is 5.82 Å². The molecule has 4 heteroatoms. The maximum absolute atomic E-state index is 13.1. The molecular weight excluding hydrogens is 241 g/mol. The summed E-state index contributed by atoms with van der Waals surface area (Å²) in [7, 11) is 2.00. The van der Waals surface area contributed by atoms with Gasteiger partial charge in [0, 0.05) is 45.8 Å². The van der Waals surface area contributed by atoms with E-state index in [9.17, 15) is 4.39 Å². The number of nitrogens with one attached hydrogen (secondary N) is 1. The second kappa shape index (κ2) is 7.58. The van der Waals surface area contributed by atoms with Gasteiger partial charge >= 0.3 is 0 Å². The molecule has 0 bridgehead atoms. The van der Waals surface area contributed by atoms with E-state index in [0.717, 1.165) is 57.8 Å². The summed E-state index contributed by atoms with van der Waals surface area (Å²) in [5, 5.41) is 3.19. The third kappa shape index (κ3) is 4.90. The molecule has 1 N–H and O–H groups in total. The van der Waals surface area contributed by atoms with E-state index in [1.807, 2.05) is 13.1 Å². The van der Waals surface area contributed by atoms with E-state index in [4.69, 9.17) is 0 Å². The predicted molar refractivity (Wildman–Crippen MR) is 76.9 cm³/mol. The van der Waals surface area contributed by atoms with E-state index in [1.165, 1.54) is 6.07 Å². The Morgan fingerprint density at radius 3 is 2.42 bits per heavy atom. The smallest absolute Gasteiger partial charge is 0.123 e. The lowest BCUT2D eigenvalue weighted by atomic mass is 10.1. The second-order valence-electron chi connectivity index (χ2n) is 5.17. The average molecular weight is 265 g/mol. The van der Waals surface area contributed by atoms with E-state index in [1.54, 1.807) is 12.1 Å². The van der Waals surface area contributed by atoms with Gasteiger partial charge in [0.05, 0.1) is 0 Å². The fraction of sp³-hybridized carbons (Fsp3) is 0.600. The van der Waals surface area contributed by atoms with Gasteiger partial charge in [0.1, 0.15) is 5.82 Å². The van der Waals surface area contributed by atoms with Crippen LogP contribution in [0.25, 0.3) is 0 Å². The van der Waals surface area contributed by atoms with Crippen molar-refractivity contribution in [3.63, 3.8) is 0 Å². The predicted octanol–water partition coefficient (Wildman–Crippen LogP) is 1.21. The van der Waals surface area contributed by atoms with Gasteiger partial charge in [-0.05, 0) is 31.2 Å². The number of benzene rings is 1. The fourth-order valence-corrected chi connectivity index (χ4v) is 2.49. The Labute approximate surface area is 115 Å². The Kier molecular flexibility index (Phi) is 5.76. The molecule has 0 amide bonds. The topological polar surface area (TPSA) is 18.5 Å². The first-order valence-electron chi connectivity index (χ1n) is 7.11. The first-order valence-corrected chi connectivity index (χ1v) is 7.11. The highest BCUT2D eigenvalue weighted by atomic mass is 19.1. The third-order valence-electron chi connectivity index (χ3n) is 3.75. The molecule has 0 atom stereocenters. The summed E-state index contributed by atoms with van der Waals surface area (Å²) in [5.74, 6) is -0.130. The van der Waals surface area contributed by atoms with Crippen LogP contribution in [0.1, 0.15) is 5.56 Å². The summed E-state index contributed by atoms with van der Waals surface area (Å²) >= 11 is 0. The van der Waals surface area contributed by atoms with Crippen molar-refractivity contribution in [2.75, 3.05) is 52.9 Å². The van der Waals surface area contributed by atoms with E-state index >= 15 is 0 Å². The summed E-state index contributed by atoms with van der Waals surface area (Å²) in [6, 6.07) is 6.94. The monoisotopic (exact) mass is 265 g/mol. The first kappa shape index (κ1) is 14.4. The number of rotatable bonds is 6. The van der Waals surface area contributed by atoms with Crippen LogP contribution in [-0.4, -0.2) is 62.7 Å². The van der Waals surface area contributed by atoms with E-state index < -0.39 is 0 Å². The Morgan fingerprint density at radius 1 is 1.11 bits per heavy atom. The largest absolute Gasteiger partial charge is 0.318 e. The van der Waals surface area contributed by atoms with Gasteiger partial charge < -0.3 is 10.2 Å². The highest BCUT2D eigenvalue weighted by molar-refractivity contribution is 5.16. The van der Waals surface area contributed by atoms with Gasteiger partial charge in [-0.1, -0.05) is 12.1 Å². The number of hydrogen-bond acceptors (Lipinski definition) is 3. The minimum Gasteiger partial charge on any atom is -0.318 e. The molecule has 0 radical (unpaired) electrons. The molecule has 0 aromatic heterocycles. The molecule has 1 aliphatic heterocycles. The Balaban J connectivity index is 1.68. The zero-order valence-corrected chi connectivity index (χ0v) is 11.7. The Morgan fingerprint density at radius 2 is 1.79 bits per heavy atom. The van der Waals surface area contributed by atoms with Gasteiger partial charge in [-0.2, -0.15) is 0 Å². The molecule has 3 nitrogen and oxygen atoms in total. The van der Waals surface area contributed by atoms with Crippen LogP contribution >= 0.6 is 0 Å². The number of piperazine rings is 1. The lowest BCUT2D eigenvalue weighted by Crippen LogP contribution is -2.48. The molecule has 1 aromatic rings. The van der Waals surface area contributed by atoms with E-state index in [2.05, 4.69) is 15.1 Å². The van der Waals surface area contributed by atoms with Crippen molar-refractivity contribution in [1.29, 1.82) is 0 Å². The summed E-state index contributed by atoms with van der Waals surface area (Å²) in [6.07, 6.45) is 0.939. The zero-order chi connectivity index (χ0) is 13.5. The molecule has 1 aliphatic rings. The quantitative estimate of drug-likeness (QED) is 0.834. The molecule has 0 aliphatic carbocycles. The van der Waals surface area contributed by atoms with Crippen molar-refractivity contribution in [2.24, 2.45) is 0 Å². The molecule has 0 spiro atoms. The maximum Gasteiger partial charge on any atom is 0.123 e. The maximum atomic E-state index is 13.1. The Bertz CT molecular complexity index is 375. The van der Waals surface area contributed by atoms with Gasteiger partial charge in [0.15, 0.2) is 0 Å². The molecular formula is C15H24FN3. The van der Waals surface area contributed by atoms with Gasteiger partial charge in [0.25, 0.3) is 0 Å². The van der Waals surface area contributed by atoms with Crippen molar-refractivity contribution >= 4 is 0 Å². The normalized spacial score (nSPS) is 17.8. The number of hydrogen-bond donors (Lipinski definition) is 1. The molecule has 0 unspecified atom stereocenters. The van der Waals surface area contributed by atoms with Crippen LogP contribution in [-0.2, 0) is 6.42 Å². The average Bonchev–Trinajstić information content (AvgIpc) is 2.44. The SMILES string of the molecule is CNCCN1CCN(CCc2cccc(F)c2)CC1. The van der Waals surface area contributed by atoms with Crippen molar-refractivity contribution in [3.8, 4) is 0 Å². The summed E-state index contributed by atoms with van der Waals surface area (Å²) in [6.45, 7) is 7.76. The number of halogens is 1. The van der Waals surface area contributed by atoms with Crippen LogP contribution in [0.15, 0.2) is 24.3 Å². The molecule has 0 saturated carbocycles. The van der Waals surface area contributed by atoms with Crippen LogP contribution in [0.2, 0.25) is 0 Å². The zero-order valence-electron chi connectivity index (χ0n) is 11.7. The van der Waals surface area contributed by atoms with Gasteiger partial charge in [0.2, 0.25) is 0 Å². The number of likely N-dealkylation sites (N-methyl/N-ethyl adjacent to an activating group) is 1. The van der Waals surface area contributed by atoms with Crippen LogP contribution in [0.5, 0.6) is 0 Å². The Hall–Kier alpha value is -0.970. The minimum absolute atomic E-state index is 0.130. The van der Waals surface area contributed by atoms with E-state index in [-0.39, 0.29) is 5.82 Å². The number of nitrogens with zero attached hydrogens (tertiary/aromatic N) is 2. The standard InChI is InChI=1S/C15H24FN3/c1-17-6-8-19-11-9-18(10-12-19)7-5-14-3-2-4-15(16)13-14/h2-4,13,17H,5-12H2,1H3. The van der Waals surface area contributed by atoms with Gasteiger partial charge in [-0.25, -0.2) is 4.39 Å². The first-order chi connectivity index (χ1) is 9.28. The summed E-state index contributed by atoms with van der Waals surface area (Å²) in [5.41, 5.74) is 1.10. The molecule has 19 heavy (non-hydrogen) atoms. The van der Waals surface area contributed by atoms with Crippen LogP contribution < -0.4 is 5.32 Å². The van der Waals surface area contributed by atoms with Crippen LogP contribution in [0.3, 0.4) is 0 Å². The second-order valence-corrected chi connectivity index (χ2v) is 5.17. The molecule has 1 aromatic carbocycles. The highest BCUT2D eigenvalue weighted by Gasteiger charge is 2.15. The van der Waals surface area contributed by atoms with Crippen LogP contribution in [0.4, 0.5) is 4.39 Å².